The van der Waals surface area contributed by atoms with Gasteiger partial charge in [-0.2, -0.15) is 18.3 Å². The normalized spacial score (nSPS) is 12.5. The summed E-state index contributed by atoms with van der Waals surface area (Å²) in [5.41, 5.74) is 1.47. The van der Waals surface area contributed by atoms with Crippen LogP contribution in [0, 0.1) is 11.6 Å². The molecule has 0 saturated carbocycles. The third-order valence-corrected chi connectivity index (χ3v) is 6.33. The molecule has 0 spiro atoms. The van der Waals surface area contributed by atoms with Gasteiger partial charge in [0.25, 0.3) is 11.1 Å². The maximum absolute atomic E-state index is 15.1. The maximum atomic E-state index is 15.1. The van der Waals surface area contributed by atoms with E-state index in [1.165, 1.54) is 36.2 Å². The number of hydrogen-bond acceptors (Lipinski definition) is 8. The summed E-state index contributed by atoms with van der Waals surface area (Å²) in [6, 6.07) is 2.18. The lowest BCUT2D eigenvalue weighted by molar-refractivity contribution is -0.138. The molecule has 0 fully saturated rings. The van der Waals surface area contributed by atoms with E-state index in [9.17, 15) is 22.8 Å². The number of rotatable bonds is 9. The first-order valence-electron chi connectivity index (χ1n) is 12.1. The fourth-order valence-electron chi connectivity index (χ4n) is 4.28. The summed E-state index contributed by atoms with van der Waals surface area (Å²) in [6.45, 7) is 1.82. The lowest BCUT2D eigenvalue weighted by Crippen LogP contribution is -2.28. The average Bonchev–Trinajstić information content (AvgIpc) is 2.90. The number of nitrogen functional groups attached to an aromatic ring is 1. The molecule has 0 unspecified atom stereocenters. The minimum atomic E-state index is -4.89. The van der Waals surface area contributed by atoms with E-state index in [4.69, 9.17) is 10.5 Å². The van der Waals surface area contributed by atoms with E-state index in [0.717, 1.165) is 6.20 Å². The van der Waals surface area contributed by atoms with E-state index >= 15 is 8.78 Å². The number of nitrogens with two attached hydrogens (primary N) is 1. The molecule has 3 heterocycles. The molecule has 4 aromatic rings. The summed E-state index contributed by atoms with van der Waals surface area (Å²) in [5.74, 6) is -2.81. The molecule has 0 aliphatic heterocycles. The minimum Gasteiger partial charge on any atom is -0.491 e. The van der Waals surface area contributed by atoms with Gasteiger partial charge < -0.3 is 20.4 Å². The number of ether oxygens (including phenoxy) is 1. The highest BCUT2D eigenvalue weighted by molar-refractivity contribution is 5.86. The van der Waals surface area contributed by atoms with Gasteiger partial charge >= 0.3 is 6.18 Å². The second-order valence-electron chi connectivity index (χ2n) is 8.86. The van der Waals surface area contributed by atoms with Crippen LogP contribution in [0.15, 0.2) is 40.3 Å². The minimum absolute atomic E-state index is 0.0762. The standard InChI is InChI=1S/C25H24F5N7O3/c1-3-13(34-15-10-33-36-23(38)18(15)25(28,29)30)5-4-7-37-8-6-12-9-14(19(26)20(27)17(12)24(37)39)22-32-11-16(40-2)21(31)35-22/h6,8-11,13H,3-5,7H2,1-2H3,(H2,31,32,35)(H2,34,36,38)/t13-/m0/s1. The molecule has 4 rings (SSSR count). The molecule has 0 aliphatic carbocycles. The van der Waals surface area contributed by atoms with Crippen LogP contribution in [-0.4, -0.2) is 37.9 Å². The number of aryl methyl sites for hydroxylation is 1. The molecule has 4 N–H and O–H groups in total. The third-order valence-electron chi connectivity index (χ3n) is 6.33. The predicted molar refractivity (Wildman–Crippen MR) is 137 cm³/mol. The number of anilines is 2. The van der Waals surface area contributed by atoms with Crippen LogP contribution in [0.1, 0.15) is 31.7 Å². The second kappa shape index (κ2) is 11.3. The first-order valence-corrected chi connectivity index (χ1v) is 12.1. The number of aromatic nitrogens is 5. The van der Waals surface area contributed by atoms with Crippen molar-refractivity contribution in [3.8, 4) is 17.1 Å². The highest BCUT2D eigenvalue weighted by Gasteiger charge is 2.37. The molecule has 0 saturated heterocycles. The molecule has 0 bridgehead atoms. The number of benzene rings is 1. The zero-order chi connectivity index (χ0) is 29.2. The molecule has 212 valence electrons. The zero-order valence-corrected chi connectivity index (χ0v) is 21.3. The Morgan fingerprint density at radius 2 is 1.95 bits per heavy atom. The van der Waals surface area contributed by atoms with Crippen molar-refractivity contribution in [3.63, 3.8) is 0 Å². The SMILES string of the molecule is CC[C@@H](CCCn1ccc2cc(-c3ncc(OC)c(N)n3)c(F)c(F)c2c1=O)Nc1cn[nH]c(=O)c1C(F)(F)F. The molecule has 1 aromatic carbocycles. The lowest BCUT2D eigenvalue weighted by Gasteiger charge is -2.20. The first kappa shape index (κ1) is 28.4. The third kappa shape index (κ3) is 5.58. The number of methoxy groups -OCH3 is 1. The first-order chi connectivity index (χ1) is 19.0. The fourth-order valence-corrected chi connectivity index (χ4v) is 4.28. The summed E-state index contributed by atoms with van der Waals surface area (Å²) in [6.07, 6.45) is -0.374. The highest BCUT2D eigenvalue weighted by atomic mass is 19.4. The highest BCUT2D eigenvalue weighted by Crippen LogP contribution is 2.32. The maximum Gasteiger partial charge on any atom is 0.423 e. The summed E-state index contributed by atoms with van der Waals surface area (Å²) >= 11 is 0. The Bertz CT molecular complexity index is 1670. The number of pyridine rings is 1. The van der Waals surface area contributed by atoms with Gasteiger partial charge in [0.2, 0.25) is 0 Å². The topological polar surface area (TPSA) is 141 Å². The van der Waals surface area contributed by atoms with Gasteiger partial charge in [0.15, 0.2) is 29.0 Å². The van der Waals surface area contributed by atoms with Crippen molar-refractivity contribution in [3.05, 3.63) is 68.6 Å². The number of nitrogens with zero attached hydrogens (tertiary/aromatic N) is 4. The van der Waals surface area contributed by atoms with E-state index in [2.05, 4.69) is 20.4 Å². The van der Waals surface area contributed by atoms with E-state index in [1.54, 1.807) is 12.0 Å². The zero-order valence-electron chi connectivity index (χ0n) is 21.3. The Morgan fingerprint density at radius 1 is 1.20 bits per heavy atom. The number of halogens is 5. The van der Waals surface area contributed by atoms with Crippen molar-refractivity contribution in [2.75, 3.05) is 18.2 Å². The average molecular weight is 566 g/mol. The van der Waals surface area contributed by atoms with Crippen LogP contribution in [0.25, 0.3) is 22.2 Å². The molecular weight excluding hydrogens is 541 g/mol. The number of hydrogen-bond donors (Lipinski definition) is 3. The number of H-pyrrole nitrogens is 1. The fraction of sp³-hybridized carbons (Fsp3) is 0.320. The molecule has 1 atom stereocenters. The van der Waals surface area contributed by atoms with E-state index in [0.29, 0.717) is 19.3 Å². The van der Waals surface area contributed by atoms with Crippen LogP contribution >= 0.6 is 0 Å². The smallest absolute Gasteiger partial charge is 0.423 e. The lowest BCUT2D eigenvalue weighted by atomic mass is 10.1. The Labute approximate surface area is 223 Å². The van der Waals surface area contributed by atoms with Gasteiger partial charge in [-0.05, 0) is 36.8 Å². The number of aromatic amines is 1. The van der Waals surface area contributed by atoms with Crippen molar-refractivity contribution in [1.82, 2.24) is 24.7 Å². The Hall–Kier alpha value is -4.56. The molecule has 10 nitrogen and oxygen atoms in total. The van der Waals surface area contributed by atoms with Gasteiger partial charge in [-0.15, -0.1) is 0 Å². The number of alkyl halides is 3. The van der Waals surface area contributed by atoms with E-state index in [1.807, 2.05) is 0 Å². The van der Waals surface area contributed by atoms with Crippen LogP contribution in [0.2, 0.25) is 0 Å². The van der Waals surface area contributed by atoms with Crippen LogP contribution < -0.4 is 26.9 Å². The van der Waals surface area contributed by atoms with Gasteiger partial charge in [0.05, 0.1) is 36.1 Å². The van der Waals surface area contributed by atoms with E-state index < -0.39 is 51.6 Å². The molecule has 40 heavy (non-hydrogen) atoms. The Kier molecular flexibility index (Phi) is 8.02. The molecular formula is C25H24F5N7O3. The molecule has 0 radical (unpaired) electrons. The van der Waals surface area contributed by atoms with Gasteiger partial charge in [-0.25, -0.2) is 23.8 Å². The van der Waals surface area contributed by atoms with Gasteiger partial charge in [-0.3, -0.25) is 9.59 Å². The van der Waals surface area contributed by atoms with Crippen molar-refractivity contribution in [2.24, 2.45) is 0 Å². The molecule has 15 heteroatoms. The summed E-state index contributed by atoms with van der Waals surface area (Å²) in [5, 5.41) is 7.55. The van der Waals surface area contributed by atoms with Crippen molar-refractivity contribution < 1.29 is 26.7 Å². The molecule has 0 aliphatic rings. The van der Waals surface area contributed by atoms with E-state index in [-0.39, 0.29) is 34.9 Å². The summed E-state index contributed by atoms with van der Waals surface area (Å²) in [4.78, 5) is 32.6. The largest absolute Gasteiger partial charge is 0.491 e. The summed E-state index contributed by atoms with van der Waals surface area (Å²) < 4.78 is 76.3. The Morgan fingerprint density at radius 3 is 2.60 bits per heavy atom. The van der Waals surface area contributed by atoms with Gasteiger partial charge in [0.1, 0.15) is 5.56 Å². The van der Waals surface area contributed by atoms with Crippen LogP contribution in [0.3, 0.4) is 0 Å². The van der Waals surface area contributed by atoms with Crippen molar-refractivity contribution in [2.45, 2.75) is 44.9 Å². The second-order valence-corrected chi connectivity index (χ2v) is 8.86. The van der Waals surface area contributed by atoms with Crippen LogP contribution in [0.4, 0.5) is 33.5 Å². The number of fused-ring (bicyclic) bond motifs is 1. The monoisotopic (exact) mass is 565 g/mol. The van der Waals surface area contributed by atoms with Crippen molar-refractivity contribution in [1.29, 1.82) is 0 Å². The molecule has 3 aromatic heterocycles. The van der Waals surface area contributed by atoms with Gasteiger partial charge in [-0.1, -0.05) is 6.92 Å². The van der Waals surface area contributed by atoms with Crippen molar-refractivity contribution >= 4 is 22.3 Å². The molecule has 0 amide bonds. The van der Waals surface area contributed by atoms with Crippen LogP contribution in [0.5, 0.6) is 5.75 Å². The quantitative estimate of drug-likeness (QED) is 0.258. The predicted octanol–water partition coefficient (Wildman–Crippen LogP) is 4.10. The van der Waals surface area contributed by atoms with Crippen LogP contribution in [-0.2, 0) is 12.7 Å². The number of nitrogens with one attached hydrogen (secondary N) is 2. The summed E-state index contributed by atoms with van der Waals surface area (Å²) in [7, 11) is 1.35. The van der Waals surface area contributed by atoms with Gasteiger partial charge in [0, 0.05) is 18.8 Å². The Balaban J connectivity index is 1.55.